The fraction of sp³-hybridized carbons (Fsp3) is 0.733. The van der Waals surface area contributed by atoms with Gasteiger partial charge in [0.05, 0.1) is 11.4 Å². The minimum Gasteiger partial charge on any atom is -0.155 e. The lowest BCUT2D eigenvalue weighted by atomic mass is 9.87. The van der Waals surface area contributed by atoms with Crippen LogP contribution in [0.25, 0.3) is 0 Å². The highest BCUT2D eigenvalue weighted by Crippen LogP contribution is 2.75. The van der Waals surface area contributed by atoms with Crippen LogP contribution in [0.3, 0.4) is 0 Å². The Kier molecular flexibility index (Phi) is 1.61. The van der Waals surface area contributed by atoms with Gasteiger partial charge >= 0.3 is 0 Å². The third-order valence-corrected chi connectivity index (χ3v) is 5.29. The number of aromatic nitrogens is 2. The molecule has 90 valence electrons. The second kappa shape index (κ2) is 2.73. The molecule has 2 saturated carbocycles. The molecule has 2 nitrogen and oxygen atoms in total. The normalized spacial score (nSPS) is 31.9. The monoisotopic (exact) mass is 228 g/mol. The first kappa shape index (κ1) is 10.0. The molecule has 0 radical (unpaired) electrons. The summed E-state index contributed by atoms with van der Waals surface area (Å²) in [6.45, 7) is 6.68. The van der Waals surface area contributed by atoms with Gasteiger partial charge in [-0.25, -0.2) is 0 Å². The van der Waals surface area contributed by atoms with E-state index in [0.717, 1.165) is 11.8 Å². The van der Waals surface area contributed by atoms with Crippen LogP contribution in [0.4, 0.5) is 0 Å². The maximum Gasteiger partial charge on any atom is 0.0702 e. The van der Waals surface area contributed by atoms with E-state index in [9.17, 15) is 0 Å². The average Bonchev–Trinajstić information content (AvgIpc) is 2.91. The van der Waals surface area contributed by atoms with E-state index in [4.69, 9.17) is 0 Å². The predicted molar refractivity (Wildman–Crippen MR) is 67.1 cm³/mol. The van der Waals surface area contributed by atoms with E-state index < -0.39 is 0 Å². The van der Waals surface area contributed by atoms with Crippen molar-refractivity contribution in [2.45, 2.75) is 63.7 Å². The van der Waals surface area contributed by atoms with Crippen molar-refractivity contribution >= 4 is 0 Å². The molecule has 2 bridgehead atoms. The first-order valence-electron chi connectivity index (χ1n) is 6.90. The van der Waals surface area contributed by atoms with Gasteiger partial charge < -0.3 is 0 Å². The minimum atomic E-state index is 0.126. The van der Waals surface area contributed by atoms with Gasteiger partial charge in [0.1, 0.15) is 0 Å². The van der Waals surface area contributed by atoms with Gasteiger partial charge in [0.25, 0.3) is 0 Å². The number of nitrogens with zero attached hydrogens (tertiary/aromatic N) is 2. The van der Waals surface area contributed by atoms with Crippen LogP contribution in [0.15, 0.2) is 6.07 Å². The van der Waals surface area contributed by atoms with Crippen LogP contribution in [0.5, 0.6) is 0 Å². The summed E-state index contributed by atoms with van der Waals surface area (Å²) in [4.78, 5) is 0. The second-order valence-corrected chi connectivity index (χ2v) is 7.24. The Morgan fingerprint density at radius 2 is 1.82 bits per heavy atom. The highest BCUT2D eigenvalue weighted by atomic mass is 15.1. The summed E-state index contributed by atoms with van der Waals surface area (Å²) < 4.78 is 0. The Hall–Kier alpha value is -0.920. The highest BCUT2D eigenvalue weighted by molar-refractivity contribution is 5.45. The van der Waals surface area contributed by atoms with Crippen LogP contribution in [-0.2, 0) is 5.41 Å². The summed E-state index contributed by atoms with van der Waals surface area (Å²) in [5.74, 6) is 1.57. The summed E-state index contributed by atoms with van der Waals surface area (Å²) in [5.41, 5.74) is 4.85. The molecule has 4 rings (SSSR count). The molecule has 1 aromatic heterocycles. The topological polar surface area (TPSA) is 25.8 Å². The van der Waals surface area contributed by atoms with E-state index in [2.05, 4.69) is 37.0 Å². The molecule has 2 atom stereocenters. The molecule has 0 N–H and O–H groups in total. The third kappa shape index (κ3) is 1.12. The summed E-state index contributed by atoms with van der Waals surface area (Å²) in [7, 11) is 0. The second-order valence-electron chi connectivity index (χ2n) is 7.24. The van der Waals surface area contributed by atoms with Crippen LogP contribution in [0.1, 0.15) is 75.2 Å². The first-order valence-corrected chi connectivity index (χ1v) is 6.90. The van der Waals surface area contributed by atoms with Gasteiger partial charge in [0.15, 0.2) is 0 Å². The maximum absolute atomic E-state index is 4.59. The smallest absolute Gasteiger partial charge is 0.0702 e. The maximum atomic E-state index is 4.59. The van der Waals surface area contributed by atoms with Crippen molar-refractivity contribution in [2.24, 2.45) is 5.41 Å². The van der Waals surface area contributed by atoms with Crippen molar-refractivity contribution in [2.75, 3.05) is 0 Å². The summed E-state index contributed by atoms with van der Waals surface area (Å²) in [5, 5.41) is 9.08. The summed E-state index contributed by atoms with van der Waals surface area (Å²) in [6, 6.07) is 2.37. The van der Waals surface area contributed by atoms with E-state index in [-0.39, 0.29) is 5.41 Å². The van der Waals surface area contributed by atoms with Crippen LogP contribution in [0, 0.1) is 5.41 Å². The number of rotatable bonds is 0. The van der Waals surface area contributed by atoms with Crippen molar-refractivity contribution in [3.8, 4) is 0 Å². The molecule has 1 spiro atoms. The average molecular weight is 228 g/mol. The lowest BCUT2D eigenvalue weighted by Crippen LogP contribution is -2.16. The molecular formula is C15H20N2. The Morgan fingerprint density at radius 1 is 1.12 bits per heavy atom. The van der Waals surface area contributed by atoms with Crippen LogP contribution < -0.4 is 0 Å². The molecule has 1 heterocycles. The fourth-order valence-electron chi connectivity index (χ4n) is 4.20. The van der Waals surface area contributed by atoms with Gasteiger partial charge in [-0.2, -0.15) is 10.2 Å². The molecule has 0 unspecified atom stereocenters. The third-order valence-electron chi connectivity index (χ3n) is 5.29. The van der Waals surface area contributed by atoms with Crippen molar-refractivity contribution < 1.29 is 0 Å². The van der Waals surface area contributed by atoms with Crippen molar-refractivity contribution in [3.63, 3.8) is 0 Å². The Bertz CT molecular complexity index is 494. The van der Waals surface area contributed by atoms with E-state index in [1.807, 2.05) is 0 Å². The van der Waals surface area contributed by atoms with Gasteiger partial charge in [-0.1, -0.05) is 20.8 Å². The van der Waals surface area contributed by atoms with Gasteiger partial charge in [0.2, 0.25) is 0 Å². The quantitative estimate of drug-likeness (QED) is 0.679. The fourth-order valence-corrected chi connectivity index (χ4v) is 4.20. The molecule has 2 heteroatoms. The largest absolute Gasteiger partial charge is 0.155 e. The lowest BCUT2D eigenvalue weighted by molar-refractivity contribution is 0.456. The van der Waals surface area contributed by atoms with Gasteiger partial charge in [-0.05, 0) is 48.6 Å². The molecule has 2 fully saturated rings. The molecular weight excluding hydrogens is 208 g/mol. The van der Waals surface area contributed by atoms with Crippen LogP contribution in [0.2, 0.25) is 0 Å². The molecule has 0 aromatic carbocycles. The summed E-state index contributed by atoms with van der Waals surface area (Å²) in [6.07, 6.45) is 5.63. The number of hydrogen-bond donors (Lipinski definition) is 0. The van der Waals surface area contributed by atoms with Crippen LogP contribution in [-0.4, -0.2) is 10.2 Å². The van der Waals surface area contributed by atoms with Crippen LogP contribution >= 0.6 is 0 Å². The zero-order chi connectivity index (χ0) is 11.8. The number of fused-ring (bicyclic) bond motifs is 3. The van der Waals surface area contributed by atoms with E-state index in [1.54, 1.807) is 5.56 Å². The Morgan fingerprint density at radius 3 is 2.47 bits per heavy atom. The van der Waals surface area contributed by atoms with Gasteiger partial charge in [-0.15, -0.1) is 0 Å². The predicted octanol–water partition coefficient (Wildman–Crippen LogP) is 3.53. The van der Waals surface area contributed by atoms with Crippen molar-refractivity contribution in [3.05, 3.63) is 23.0 Å². The SMILES string of the molecule is CC(C)(C)c1cc2c(nn1)[C@H]1CC[C@@H]2C12CC2. The molecule has 0 aliphatic heterocycles. The Labute approximate surface area is 103 Å². The standard InChI is InChI=1S/C15H20N2/c1-14(2,3)12-8-9-10-4-5-11(13(9)17-16-12)15(10)6-7-15/h8,10-11H,4-7H2,1-3H3/t10-,11+/m0/s1. The van der Waals surface area contributed by atoms with Gasteiger partial charge in [0, 0.05) is 11.3 Å². The molecule has 17 heavy (non-hydrogen) atoms. The summed E-state index contributed by atoms with van der Waals surface area (Å²) >= 11 is 0. The highest BCUT2D eigenvalue weighted by Gasteiger charge is 2.64. The first-order chi connectivity index (χ1) is 8.02. The molecule has 3 aliphatic rings. The lowest BCUT2D eigenvalue weighted by Gasteiger charge is -2.20. The zero-order valence-electron chi connectivity index (χ0n) is 11.0. The molecule has 3 aliphatic carbocycles. The van der Waals surface area contributed by atoms with E-state index in [0.29, 0.717) is 5.41 Å². The Balaban J connectivity index is 1.86. The molecule has 0 saturated heterocycles. The van der Waals surface area contributed by atoms with E-state index >= 15 is 0 Å². The van der Waals surface area contributed by atoms with Crippen molar-refractivity contribution in [1.82, 2.24) is 10.2 Å². The minimum absolute atomic E-state index is 0.126. The zero-order valence-corrected chi connectivity index (χ0v) is 11.0. The van der Waals surface area contributed by atoms with Crippen molar-refractivity contribution in [1.29, 1.82) is 0 Å². The van der Waals surface area contributed by atoms with Gasteiger partial charge in [-0.3, -0.25) is 0 Å². The molecule has 1 aromatic rings. The van der Waals surface area contributed by atoms with E-state index in [1.165, 1.54) is 37.1 Å². The number of hydrogen-bond acceptors (Lipinski definition) is 2. The molecule has 0 amide bonds.